The minimum absolute atomic E-state index is 0.299. The van der Waals surface area contributed by atoms with Gasteiger partial charge >= 0.3 is 5.97 Å². The van der Waals surface area contributed by atoms with Crippen molar-refractivity contribution in [3.63, 3.8) is 0 Å². The number of nitrogens with two attached hydrogens (primary N) is 1. The first-order chi connectivity index (χ1) is 6.84. The minimum atomic E-state index is -0.996. The number of aliphatic hydroxyl groups is 1. The minimum Gasteiger partial charge on any atom is -0.433 e. The summed E-state index contributed by atoms with van der Waals surface area (Å²) in [6.07, 6.45) is 0.461. The van der Waals surface area contributed by atoms with Gasteiger partial charge in [0.25, 0.3) is 0 Å². The maximum Gasteiger partial charge on any atom is 0.335 e. The van der Waals surface area contributed by atoms with Gasteiger partial charge in [-0.25, -0.2) is 4.79 Å². The van der Waals surface area contributed by atoms with E-state index in [2.05, 4.69) is 23.6 Å². The van der Waals surface area contributed by atoms with Crippen molar-refractivity contribution in [1.82, 2.24) is 0 Å². The number of hydrogen-bond acceptors (Lipinski definition) is 4. The number of esters is 1. The van der Waals surface area contributed by atoms with Crippen LogP contribution in [0, 0.1) is 0 Å². The molecule has 0 saturated carbocycles. The highest BCUT2D eigenvalue weighted by Crippen LogP contribution is 1.98. The van der Waals surface area contributed by atoms with Gasteiger partial charge in [-0.2, -0.15) is 0 Å². The third-order valence-corrected chi connectivity index (χ3v) is 1.14. The molecule has 5 nitrogen and oxygen atoms in total. The number of aliphatic hydroxyl groups excluding tert-OH is 1. The van der Waals surface area contributed by atoms with Crippen LogP contribution in [-0.4, -0.2) is 23.3 Å². The summed E-state index contributed by atoms with van der Waals surface area (Å²) < 4.78 is 4.48. The van der Waals surface area contributed by atoms with E-state index >= 15 is 0 Å². The average molecular weight is 215 g/mol. The predicted octanol–water partition coefficient (Wildman–Crippen LogP) is 0.492. The number of ether oxygens (including phenoxy) is 1. The van der Waals surface area contributed by atoms with Gasteiger partial charge in [-0.3, -0.25) is 4.79 Å². The summed E-state index contributed by atoms with van der Waals surface area (Å²) in [6.45, 7) is 9.69. The van der Waals surface area contributed by atoms with Crippen LogP contribution >= 0.6 is 0 Å². The molecule has 86 valence electrons. The maximum absolute atomic E-state index is 10.6. The first-order valence-corrected chi connectivity index (χ1v) is 4.31. The molecule has 0 bridgehead atoms. The van der Waals surface area contributed by atoms with E-state index in [1.807, 2.05) is 0 Å². The quantitative estimate of drug-likeness (QED) is 0.406. The number of primary amides is 1. The van der Waals surface area contributed by atoms with Crippen LogP contribution in [-0.2, 0) is 14.3 Å². The normalized spacial score (nSPS) is 10.3. The van der Waals surface area contributed by atoms with E-state index in [-0.39, 0.29) is 0 Å². The second kappa shape index (κ2) is 8.96. The summed E-state index contributed by atoms with van der Waals surface area (Å²) in [5.74, 6) is -1.03. The predicted molar refractivity (Wildman–Crippen MR) is 56.6 cm³/mol. The van der Waals surface area contributed by atoms with Crippen molar-refractivity contribution < 1.29 is 19.4 Å². The fourth-order valence-corrected chi connectivity index (χ4v) is 0.307. The van der Waals surface area contributed by atoms with Crippen molar-refractivity contribution in [2.75, 3.05) is 0 Å². The van der Waals surface area contributed by atoms with Crippen LogP contribution in [0.1, 0.15) is 20.3 Å². The number of rotatable bonds is 4. The molecule has 0 aromatic heterocycles. The number of hydrogen-bond donors (Lipinski definition) is 2. The smallest absolute Gasteiger partial charge is 0.335 e. The topological polar surface area (TPSA) is 89.6 Å². The van der Waals surface area contributed by atoms with Crippen molar-refractivity contribution in [2.45, 2.75) is 26.6 Å². The van der Waals surface area contributed by atoms with Gasteiger partial charge in [0.1, 0.15) is 0 Å². The summed E-state index contributed by atoms with van der Waals surface area (Å²) >= 11 is 0. The molecule has 0 rings (SSSR count). The molecule has 1 amide bonds. The lowest BCUT2D eigenvalue weighted by molar-refractivity contribution is -0.163. The molecule has 0 spiro atoms. The fourth-order valence-electron chi connectivity index (χ4n) is 0.307. The van der Waals surface area contributed by atoms with E-state index in [1.165, 1.54) is 6.92 Å². The third-order valence-electron chi connectivity index (χ3n) is 1.14. The second-order valence-electron chi connectivity index (χ2n) is 2.66. The lowest BCUT2D eigenvalue weighted by atomic mass is 10.3. The average Bonchev–Trinajstić information content (AvgIpc) is 2.18. The summed E-state index contributed by atoms with van der Waals surface area (Å²) in [4.78, 5) is 20.1. The molecule has 0 fully saturated rings. The van der Waals surface area contributed by atoms with E-state index in [0.717, 1.165) is 6.08 Å². The summed E-state index contributed by atoms with van der Waals surface area (Å²) in [5.41, 5.74) is 4.83. The highest BCUT2D eigenvalue weighted by atomic mass is 16.6. The van der Waals surface area contributed by atoms with Crippen LogP contribution in [0.3, 0.4) is 0 Å². The first-order valence-electron chi connectivity index (χ1n) is 4.31. The van der Waals surface area contributed by atoms with Gasteiger partial charge in [0.05, 0.1) is 0 Å². The van der Waals surface area contributed by atoms with Gasteiger partial charge < -0.3 is 15.6 Å². The molecule has 15 heavy (non-hydrogen) atoms. The Balaban J connectivity index is 0. The van der Waals surface area contributed by atoms with Gasteiger partial charge in [0, 0.05) is 12.0 Å². The molecule has 0 aromatic rings. The largest absolute Gasteiger partial charge is 0.433 e. The van der Waals surface area contributed by atoms with Gasteiger partial charge in [-0.05, 0) is 13.0 Å². The van der Waals surface area contributed by atoms with Crippen LogP contribution in [0.2, 0.25) is 0 Å². The van der Waals surface area contributed by atoms with Gasteiger partial charge in [0.2, 0.25) is 12.2 Å². The Labute approximate surface area is 89.2 Å². The van der Waals surface area contributed by atoms with Crippen LogP contribution in [0.15, 0.2) is 24.8 Å². The van der Waals surface area contributed by atoms with Crippen molar-refractivity contribution in [3.8, 4) is 0 Å². The Morgan fingerprint density at radius 3 is 2.20 bits per heavy atom. The fraction of sp³-hybridized carbons (Fsp3) is 0.400. The second-order valence-corrected chi connectivity index (χ2v) is 2.66. The lowest BCUT2D eigenvalue weighted by Gasteiger charge is -2.08. The first kappa shape index (κ1) is 15.8. The Kier molecular flexibility index (Phi) is 9.45. The van der Waals surface area contributed by atoms with Crippen LogP contribution in [0.5, 0.6) is 0 Å². The van der Waals surface area contributed by atoms with Crippen LogP contribution in [0.25, 0.3) is 0 Å². The lowest BCUT2D eigenvalue weighted by Crippen LogP contribution is -2.16. The molecule has 0 aliphatic heterocycles. The van der Waals surface area contributed by atoms with E-state index in [0.29, 0.717) is 12.0 Å². The zero-order chi connectivity index (χ0) is 12.4. The van der Waals surface area contributed by atoms with Crippen LogP contribution < -0.4 is 5.73 Å². The van der Waals surface area contributed by atoms with Crippen molar-refractivity contribution in [2.24, 2.45) is 5.73 Å². The SMILES string of the molecule is C=C(C)C(=O)OC(O)CC.C=CC(N)=O. The summed E-state index contributed by atoms with van der Waals surface area (Å²) in [5, 5.41) is 8.79. The number of amides is 1. The Hall–Kier alpha value is -1.62. The van der Waals surface area contributed by atoms with E-state index < -0.39 is 18.2 Å². The van der Waals surface area contributed by atoms with Crippen molar-refractivity contribution in [1.29, 1.82) is 0 Å². The summed E-state index contributed by atoms with van der Waals surface area (Å²) in [7, 11) is 0. The highest BCUT2D eigenvalue weighted by molar-refractivity contribution is 5.87. The molecular formula is C10H17NO4. The molecule has 0 heterocycles. The highest BCUT2D eigenvalue weighted by Gasteiger charge is 2.07. The standard InChI is InChI=1S/C7H12O3.C3H5NO/c1-4-6(8)10-7(9)5(2)3;1-2-3(4)5/h6,8H,2,4H2,1,3H3;2H,1H2,(H2,4,5). The van der Waals surface area contributed by atoms with Crippen molar-refractivity contribution in [3.05, 3.63) is 24.8 Å². The maximum atomic E-state index is 10.6. The van der Waals surface area contributed by atoms with E-state index in [4.69, 9.17) is 5.11 Å². The molecule has 0 saturated heterocycles. The third kappa shape index (κ3) is 12.4. The zero-order valence-corrected chi connectivity index (χ0v) is 9.03. The Bertz CT molecular complexity index is 248. The van der Waals surface area contributed by atoms with Crippen molar-refractivity contribution >= 4 is 11.9 Å². The molecular weight excluding hydrogens is 198 g/mol. The van der Waals surface area contributed by atoms with Crippen LogP contribution in [0.4, 0.5) is 0 Å². The molecule has 5 heteroatoms. The number of carbonyl (C=O) groups is 2. The van der Waals surface area contributed by atoms with Gasteiger partial charge in [-0.1, -0.05) is 20.1 Å². The molecule has 1 unspecified atom stereocenters. The van der Waals surface area contributed by atoms with E-state index in [9.17, 15) is 9.59 Å². The van der Waals surface area contributed by atoms with Gasteiger partial charge in [-0.15, -0.1) is 0 Å². The monoisotopic (exact) mass is 215 g/mol. The molecule has 0 aliphatic carbocycles. The molecule has 1 atom stereocenters. The molecule has 0 radical (unpaired) electrons. The number of carbonyl (C=O) groups excluding carboxylic acids is 2. The van der Waals surface area contributed by atoms with Gasteiger partial charge in [0.15, 0.2) is 0 Å². The molecule has 0 aromatic carbocycles. The zero-order valence-electron chi connectivity index (χ0n) is 9.03. The van der Waals surface area contributed by atoms with E-state index in [1.54, 1.807) is 6.92 Å². The Morgan fingerprint density at radius 1 is 1.60 bits per heavy atom. The Morgan fingerprint density at radius 2 is 2.00 bits per heavy atom. The molecule has 3 N–H and O–H groups in total. The molecule has 0 aliphatic rings. The summed E-state index contributed by atoms with van der Waals surface area (Å²) in [6, 6.07) is 0.